The summed E-state index contributed by atoms with van der Waals surface area (Å²) in [5, 5.41) is 6.68. The molecule has 2 rings (SSSR count). The third kappa shape index (κ3) is 4.11. The van der Waals surface area contributed by atoms with Crippen molar-refractivity contribution in [2.24, 2.45) is 0 Å². The van der Waals surface area contributed by atoms with Gasteiger partial charge in [-0.15, -0.1) is 0 Å². The number of nitrogens with zero attached hydrogens (tertiary/aromatic N) is 2. The zero-order chi connectivity index (χ0) is 14.4. The van der Waals surface area contributed by atoms with Crippen LogP contribution in [0, 0.1) is 5.82 Å². The van der Waals surface area contributed by atoms with E-state index in [0.717, 1.165) is 0 Å². The molecule has 20 heavy (non-hydrogen) atoms. The number of hydrogen-bond donors (Lipinski definition) is 2. The van der Waals surface area contributed by atoms with Crippen LogP contribution in [0.25, 0.3) is 0 Å². The van der Waals surface area contributed by atoms with Crippen molar-refractivity contribution in [3.05, 3.63) is 53.2 Å². The van der Waals surface area contributed by atoms with Crippen molar-refractivity contribution in [3.63, 3.8) is 0 Å². The predicted octanol–water partition coefficient (Wildman–Crippen LogP) is 2.80. The Labute approximate surface area is 126 Å². The van der Waals surface area contributed by atoms with E-state index in [9.17, 15) is 4.39 Å². The van der Waals surface area contributed by atoms with Crippen molar-refractivity contribution >= 4 is 34.7 Å². The minimum absolute atomic E-state index is 0.319. The average Bonchev–Trinajstić information content (AvgIpc) is 2.43. The molecule has 0 saturated heterocycles. The molecule has 0 aliphatic rings. The summed E-state index contributed by atoms with van der Waals surface area (Å²) in [6.45, 7) is 0.463. The molecule has 7 heteroatoms. The van der Waals surface area contributed by atoms with Gasteiger partial charge in [0.2, 0.25) is 0 Å². The molecule has 2 aromatic rings. The molecule has 0 aliphatic heterocycles. The van der Waals surface area contributed by atoms with Crippen LogP contribution in [0.2, 0.25) is 5.02 Å². The van der Waals surface area contributed by atoms with Crippen molar-refractivity contribution in [1.82, 2.24) is 15.3 Å². The van der Waals surface area contributed by atoms with E-state index in [1.165, 1.54) is 6.07 Å². The second-order valence-corrected chi connectivity index (χ2v) is 4.71. The molecule has 0 amide bonds. The lowest BCUT2D eigenvalue weighted by molar-refractivity contribution is 0.596. The zero-order valence-electron chi connectivity index (χ0n) is 10.4. The highest BCUT2D eigenvalue weighted by Crippen LogP contribution is 2.16. The van der Waals surface area contributed by atoms with E-state index < -0.39 is 0 Å². The van der Waals surface area contributed by atoms with Crippen LogP contribution in [0.1, 0.15) is 5.69 Å². The Morgan fingerprint density at radius 1 is 1.25 bits per heavy atom. The number of pyridine rings is 2. The van der Waals surface area contributed by atoms with E-state index >= 15 is 0 Å². The van der Waals surface area contributed by atoms with E-state index in [0.29, 0.717) is 34.6 Å². The summed E-state index contributed by atoms with van der Waals surface area (Å²) >= 11 is 11.1. The first-order valence-corrected chi connectivity index (χ1v) is 6.70. The molecule has 0 saturated carbocycles. The van der Waals surface area contributed by atoms with Crippen LogP contribution < -0.4 is 10.6 Å². The lowest BCUT2D eigenvalue weighted by Crippen LogP contribution is -2.30. The lowest BCUT2D eigenvalue weighted by atomic mass is 10.2. The fourth-order valence-electron chi connectivity index (χ4n) is 1.53. The maximum absolute atomic E-state index is 13.3. The molecule has 0 aromatic carbocycles. The first-order chi connectivity index (χ1) is 9.66. The summed E-state index contributed by atoms with van der Waals surface area (Å²) in [4.78, 5) is 8.02. The second-order valence-electron chi connectivity index (χ2n) is 3.90. The molecule has 0 aliphatic carbocycles. The van der Waals surface area contributed by atoms with E-state index in [1.807, 2.05) is 0 Å². The van der Waals surface area contributed by atoms with Crippen molar-refractivity contribution < 1.29 is 4.39 Å². The van der Waals surface area contributed by atoms with E-state index in [2.05, 4.69) is 20.6 Å². The summed E-state index contributed by atoms with van der Waals surface area (Å²) in [5.74, 6) is 0.164. The number of rotatable bonds is 4. The second kappa shape index (κ2) is 7.12. The van der Waals surface area contributed by atoms with Gasteiger partial charge in [0, 0.05) is 25.4 Å². The maximum Gasteiger partial charge on any atom is 0.171 e. The molecule has 2 heterocycles. The Morgan fingerprint density at radius 3 is 2.75 bits per heavy atom. The van der Waals surface area contributed by atoms with Gasteiger partial charge in [-0.05, 0) is 36.5 Å². The van der Waals surface area contributed by atoms with Crippen LogP contribution in [0.15, 0.2) is 36.7 Å². The van der Waals surface area contributed by atoms with E-state index in [4.69, 9.17) is 23.8 Å². The number of hydrogen-bond acceptors (Lipinski definition) is 3. The smallest absolute Gasteiger partial charge is 0.171 e. The van der Waals surface area contributed by atoms with Crippen LogP contribution in [0.4, 0.5) is 10.2 Å². The van der Waals surface area contributed by atoms with Crippen LogP contribution >= 0.6 is 23.8 Å². The van der Waals surface area contributed by atoms with Crippen LogP contribution in [-0.4, -0.2) is 21.6 Å². The molecule has 0 unspecified atom stereocenters. The summed E-state index contributed by atoms with van der Waals surface area (Å²) in [6.07, 6.45) is 3.60. The van der Waals surface area contributed by atoms with Gasteiger partial charge >= 0.3 is 0 Å². The van der Waals surface area contributed by atoms with E-state index in [-0.39, 0.29) is 5.82 Å². The minimum Gasteiger partial charge on any atom is -0.362 e. The van der Waals surface area contributed by atoms with Gasteiger partial charge in [-0.25, -0.2) is 9.37 Å². The molecule has 0 radical (unpaired) electrons. The Kier molecular flexibility index (Phi) is 5.20. The molecule has 0 bridgehead atoms. The normalized spacial score (nSPS) is 10.1. The number of thiocarbonyl (C=S) groups is 1. The number of aromatic nitrogens is 2. The van der Waals surface area contributed by atoms with Gasteiger partial charge in [-0.2, -0.15) is 0 Å². The van der Waals surface area contributed by atoms with Crippen molar-refractivity contribution in [3.8, 4) is 0 Å². The number of nitrogens with one attached hydrogen (secondary N) is 2. The Hall–Kier alpha value is -1.79. The van der Waals surface area contributed by atoms with Crippen LogP contribution in [0.3, 0.4) is 0 Å². The summed E-state index contributed by atoms with van der Waals surface area (Å²) in [7, 11) is 0. The highest BCUT2D eigenvalue weighted by Gasteiger charge is 2.05. The molecular weight excluding hydrogens is 299 g/mol. The fourth-order valence-corrected chi connectivity index (χ4v) is 1.89. The topological polar surface area (TPSA) is 49.8 Å². The number of halogens is 2. The average molecular weight is 311 g/mol. The highest BCUT2D eigenvalue weighted by molar-refractivity contribution is 7.80. The van der Waals surface area contributed by atoms with Gasteiger partial charge < -0.3 is 10.6 Å². The van der Waals surface area contributed by atoms with Gasteiger partial charge in [0.25, 0.3) is 0 Å². The SMILES string of the molecule is Fc1cccnc1CCNC(=S)Nc1ncccc1Cl. The van der Waals surface area contributed by atoms with E-state index in [1.54, 1.807) is 30.6 Å². The molecule has 4 nitrogen and oxygen atoms in total. The zero-order valence-corrected chi connectivity index (χ0v) is 12.0. The molecule has 2 N–H and O–H groups in total. The van der Waals surface area contributed by atoms with Gasteiger partial charge in [0.1, 0.15) is 5.82 Å². The Morgan fingerprint density at radius 2 is 2.00 bits per heavy atom. The fraction of sp³-hybridized carbons (Fsp3) is 0.154. The first kappa shape index (κ1) is 14.6. The molecule has 0 spiro atoms. The monoisotopic (exact) mass is 310 g/mol. The standard InChI is InChI=1S/C13H12ClFN4S/c14-9-3-1-7-17-12(9)19-13(20)18-8-5-11-10(15)4-2-6-16-11/h1-4,6-7H,5,8H2,(H2,17,18,19,20). The van der Waals surface area contributed by atoms with Crippen molar-refractivity contribution in [2.75, 3.05) is 11.9 Å². The molecule has 104 valence electrons. The molecule has 0 atom stereocenters. The van der Waals surface area contributed by atoms with Gasteiger partial charge in [0.05, 0.1) is 10.7 Å². The van der Waals surface area contributed by atoms with Gasteiger partial charge in [-0.1, -0.05) is 11.6 Å². The largest absolute Gasteiger partial charge is 0.362 e. The highest BCUT2D eigenvalue weighted by atomic mass is 35.5. The summed E-state index contributed by atoms with van der Waals surface area (Å²) in [6, 6.07) is 6.38. The Bertz CT molecular complexity index is 608. The summed E-state index contributed by atoms with van der Waals surface area (Å²) < 4.78 is 13.3. The molecule has 2 aromatic heterocycles. The van der Waals surface area contributed by atoms with Crippen molar-refractivity contribution in [1.29, 1.82) is 0 Å². The molecule has 0 fully saturated rings. The van der Waals surface area contributed by atoms with Gasteiger partial charge in [0.15, 0.2) is 10.9 Å². The van der Waals surface area contributed by atoms with Crippen molar-refractivity contribution in [2.45, 2.75) is 6.42 Å². The van der Waals surface area contributed by atoms with Gasteiger partial charge in [-0.3, -0.25) is 4.98 Å². The first-order valence-electron chi connectivity index (χ1n) is 5.91. The minimum atomic E-state index is -0.319. The number of anilines is 1. The maximum atomic E-state index is 13.3. The lowest BCUT2D eigenvalue weighted by Gasteiger charge is -2.10. The third-order valence-electron chi connectivity index (χ3n) is 2.47. The predicted molar refractivity (Wildman–Crippen MR) is 81.4 cm³/mol. The van der Waals surface area contributed by atoms with Crippen LogP contribution in [0.5, 0.6) is 0 Å². The molecular formula is C13H12ClFN4S. The summed E-state index contributed by atoms with van der Waals surface area (Å²) in [5.41, 5.74) is 0.402. The van der Waals surface area contributed by atoms with Crippen LogP contribution in [-0.2, 0) is 6.42 Å². The Balaban J connectivity index is 1.82. The quantitative estimate of drug-likeness (QED) is 0.851. The third-order valence-corrected chi connectivity index (χ3v) is 3.02.